The summed E-state index contributed by atoms with van der Waals surface area (Å²) in [6.45, 7) is 5.98. The molecule has 0 radical (unpaired) electrons. The molecule has 0 aliphatic rings. The van der Waals surface area contributed by atoms with Crippen LogP contribution in [0.4, 0.5) is 0 Å². The van der Waals surface area contributed by atoms with Gasteiger partial charge in [-0.3, -0.25) is 5.41 Å². The fourth-order valence-corrected chi connectivity index (χ4v) is 2.88. The highest BCUT2D eigenvalue weighted by molar-refractivity contribution is 7.89. The molecule has 0 amide bonds. The highest BCUT2D eigenvalue weighted by Gasteiger charge is 2.21. The van der Waals surface area contributed by atoms with E-state index in [0.717, 1.165) is 0 Å². The summed E-state index contributed by atoms with van der Waals surface area (Å²) in [6, 6.07) is -0.431. The maximum absolute atomic E-state index is 12.0. The predicted molar refractivity (Wildman–Crippen MR) is 69.0 cm³/mol. The molecular formula is C10H19N5O2S. The molecule has 1 unspecified atom stereocenters. The van der Waals surface area contributed by atoms with Crippen LogP contribution in [0.25, 0.3) is 0 Å². The van der Waals surface area contributed by atoms with Crippen LogP contribution < -0.4 is 10.5 Å². The van der Waals surface area contributed by atoms with Gasteiger partial charge in [-0.25, -0.2) is 18.1 Å². The lowest BCUT2D eigenvalue weighted by Gasteiger charge is -2.11. The van der Waals surface area contributed by atoms with Crippen LogP contribution in [-0.2, 0) is 16.6 Å². The second-order valence-electron chi connectivity index (χ2n) is 4.16. The van der Waals surface area contributed by atoms with Gasteiger partial charge in [0.2, 0.25) is 0 Å². The Bertz CT molecular complexity index is 534. The standard InChI is InChI=1S/C10H19N5O2S/c1-4-15-6-10(13-8(15)3)18(16,17)14-7(2)5-9(11)12/h6-7,14H,4-5H2,1-3H3,(H3,11,12). The summed E-state index contributed by atoms with van der Waals surface area (Å²) in [6.07, 6.45) is 1.67. The summed E-state index contributed by atoms with van der Waals surface area (Å²) in [5.74, 6) is 0.595. The third-order valence-corrected chi connectivity index (χ3v) is 3.91. The van der Waals surface area contributed by atoms with Gasteiger partial charge in [0, 0.05) is 25.2 Å². The number of aromatic nitrogens is 2. The third-order valence-electron chi connectivity index (χ3n) is 2.45. The Morgan fingerprint density at radius 2 is 2.28 bits per heavy atom. The zero-order valence-corrected chi connectivity index (χ0v) is 11.6. The van der Waals surface area contributed by atoms with Crippen LogP contribution in [0.2, 0.25) is 0 Å². The van der Waals surface area contributed by atoms with Crippen LogP contribution in [0.15, 0.2) is 11.2 Å². The van der Waals surface area contributed by atoms with Crippen molar-refractivity contribution in [3.63, 3.8) is 0 Å². The van der Waals surface area contributed by atoms with E-state index in [4.69, 9.17) is 11.1 Å². The van der Waals surface area contributed by atoms with Crippen molar-refractivity contribution < 1.29 is 8.42 Å². The number of aryl methyl sites for hydroxylation is 2. The lowest BCUT2D eigenvalue weighted by molar-refractivity contribution is 0.561. The maximum Gasteiger partial charge on any atom is 0.259 e. The molecule has 0 saturated heterocycles. The quantitative estimate of drug-likeness (QED) is 0.507. The van der Waals surface area contributed by atoms with E-state index in [9.17, 15) is 8.42 Å². The molecule has 4 N–H and O–H groups in total. The third kappa shape index (κ3) is 3.54. The van der Waals surface area contributed by atoms with Crippen molar-refractivity contribution in [2.75, 3.05) is 0 Å². The van der Waals surface area contributed by atoms with Gasteiger partial charge in [0.15, 0.2) is 5.03 Å². The molecular weight excluding hydrogens is 254 g/mol. The largest absolute Gasteiger partial charge is 0.388 e. The summed E-state index contributed by atoms with van der Waals surface area (Å²) in [5, 5.41) is 7.13. The number of sulfonamides is 1. The van der Waals surface area contributed by atoms with Gasteiger partial charge >= 0.3 is 0 Å². The van der Waals surface area contributed by atoms with Crippen molar-refractivity contribution in [3.05, 3.63) is 12.0 Å². The Morgan fingerprint density at radius 3 is 2.72 bits per heavy atom. The van der Waals surface area contributed by atoms with E-state index in [1.165, 1.54) is 6.20 Å². The van der Waals surface area contributed by atoms with E-state index in [-0.39, 0.29) is 17.3 Å². The molecule has 0 aromatic carbocycles. The molecule has 7 nitrogen and oxygen atoms in total. The van der Waals surface area contributed by atoms with Crippen molar-refractivity contribution in [1.82, 2.24) is 14.3 Å². The number of hydrogen-bond acceptors (Lipinski definition) is 4. The molecule has 0 spiro atoms. The van der Waals surface area contributed by atoms with Crippen molar-refractivity contribution in [2.24, 2.45) is 5.73 Å². The smallest absolute Gasteiger partial charge is 0.259 e. The fraction of sp³-hybridized carbons (Fsp3) is 0.600. The van der Waals surface area contributed by atoms with Gasteiger partial charge in [-0.1, -0.05) is 0 Å². The van der Waals surface area contributed by atoms with Crippen LogP contribution >= 0.6 is 0 Å². The zero-order valence-electron chi connectivity index (χ0n) is 10.8. The van der Waals surface area contributed by atoms with Gasteiger partial charge in [0.05, 0.1) is 5.84 Å². The summed E-state index contributed by atoms with van der Waals surface area (Å²) >= 11 is 0. The molecule has 0 bridgehead atoms. The predicted octanol–water partition coefficient (Wildman–Crippen LogP) is 0.204. The number of nitrogens with one attached hydrogen (secondary N) is 2. The van der Waals surface area contributed by atoms with E-state index in [0.29, 0.717) is 12.4 Å². The number of amidine groups is 1. The molecule has 0 aliphatic carbocycles. The van der Waals surface area contributed by atoms with Gasteiger partial charge in [0.1, 0.15) is 5.82 Å². The van der Waals surface area contributed by atoms with Crippen LogP contribution in [0, 0.1) is 12.3 Å². The van der Waals surface area contributed by atoms with Crippen LogP contribution in [0.1, 0.15) is 26.1 Å². The second-order valence-corrected chi connectivity index (χ2v) is 5.82. The van der Waals surface area contributed by atoms with Crippen LogP contribution in [-0.4, -0.2) is 29.8 Å². The minimum Gasteiger partial charge on any atom is -0.388 e. The van der Waals surface area contributed by atoms with Crippen molar-refractivity contribution >= 4 is 15.9 Å². The van der Waals surface area contributed by atoms with Gasteiger partial charge in [0.25, 0.3) is 10.0 Å². The summed E-state index contributed by atoms with van der Waals surface area (Å²) in [5.41, 5.74) is 5.23. The lowest BCUT2D eigenvalue weighted by atomic mass is 10.2. The van der Waals surface area contributed by atoms with E-state index < -0.39 is 16.1 Å². The number of rotatable bonds is 6. The van der Waals surface area contributed by atoms with Gasteiger partial charge in [-0.05, 0) is 20.8 Å². The van der Waals surface area contributed by atoms with Gasteiger partial charge in [-0.15, -0.1) is 0 Å². The van der Waals surface area contributed by atoms with E-state index >= 15 is 0 Å². The van der Waals surface area contributed by atoms with Crippen LogP contribution in [0.3, 0.4) is 0 Å². The Balaban J connectivity index is 2.89. The van der Waals surface area contributed by atoms with Crippen molar-refractivity contribution in [3.8, 4) is 0 Å². The summed E-state index contributed by atoms with van der Waals surface area (Å²) in [4.78, 5) is 4.01. The molecule has 102 valence electrons. The molecule has 1 aromatic heterocycles. The first-order chi connectivity index (χ1) is 8.26. The number of nitrogens with zero attached hydrogens (tertiary/aromatic N) is 2. The zero-order chi connectivity index (χ0) is 13.9. The fourth-order valence-electron chi connectivity index (χ4n) is 1.63. The first-order valence-electron chi connectivity index (χ1n) is 5.65. The number of nitrogens with two attached hydrogens (primary N) is 1. The molecule has 18 heavy (non-hydrogen) atoms. The van der Waals surface area contributed by atoms with E-state index in [1.807, 2.05) is 6.92 Å². The number of hydrogen-bond donors (Lipinski definition) is 3. The topological polar surface area (TPSA) is 114 Å². The number of imidazole rings is 1. The molecule has 0 fully saturated rings. The molecule has 1 atom stereocenters. The Kier molecular flexibility index (Phi) is 4.47. The molecule has 1 aromatic rings. The highest BCUT2D eigenvalue weighted by atomic mass is 32.2. The van der Waals surface area contributed by atoms with Crippen molar-refractivity contribution in [2.45, 2.75) is 44.8 Å². The Labute approximate surface area is 107 Å². The second kappa shape index (κ2) is 5.49. The Hall–Kier alpha value is -1.41. The van der Waals surface area contributed by atoms with Crippen LogP contribution in [0.5, 0.6) is 0 Å². The molecule has 8 heteroatoms. The monoisotopic (exact) mass is 273 g/mol. The molecule has 0 aliphatic heterocycles. The SMILES string of the molecule is CCn1cc(S(=O)(=O)NC(C)CC(=N)N)nc1C. The Morgan fingerprint density at radius 1 is 1.67 bits per heavy atom. The summed E-state index contributed by atoms with van der Waals surface area (Å²) in [7, 11) is -3.65. The van der Waals surface area contributed by atoms with E-state index in [2.05, 4.69) is 9.71 Å². The minimum absolute atomic E-state index is 0.00254. The normalized spacial score (nSPS) is 13.5. The summed E-state index contributed by atoms with van der Waals surface area (Å²) < 4.78 is 28.2. The first-order valence-corrected chi connectivity index (χ1v) is 7.13. The molecule has 1 rings (SSSR count). The molecule has 0 saturated carbocycles. The first kappa shape index (κ1) is 14.7. The van der Waals surface area contributed by atoms with E-state index in [1.54, 1.807) is 18.4 Å². The van der Waals surface area contributed by atoms with Gasteiger partial charge in [-0.2, -0.15) is 0 Å². The minimum atomic E-state index is -3.65. The average molecular weight is 273 g/mol. The lowest BCUT2D eigenvalue weighted by Crippen LogP contribution is -2.35. The average Bonchev–Trinajstić information content (AvgIpc) is 2.57. The maximum atomic E-state index is 12.0. The molecule has 1 heterocycles. The highest BCUT2D eigenvalue weighted by Crippen LogP contribution is 2.10. The van der Waals surface area contributed by atoms with Crippen molar-refractivity contribution in [1.29, 1.82) is 5.41 Å². The van der Waals surface area contributed by atoms with Gasteiger partial charge < -0.3 is 10.3 Å².